The van der Waals surface area contributed by atoms with E-state index in [2.05, 4.69) is 21.8 Å². The van der Waals surface area contributed by atoms with Crippen molar-refractivity contribution in [3.8, 4) is 0 Å². The van der Waals surface area contributed by atoms with Crippen molar-refractivity contribution in [3.63, 3.8) is 0 Å². The molecule has 0 radical (unpaired) electrons. The summed E-state index contributed by atoms with van der Waals surface area (Å²) >= 11 is 0. The van der Waals surface area contributed by atoms with E-state index in [0.717, 1.165) is 43.1 Å². The van der Waals surface area contributed by atoms with Gasteiger partial charge in [-0.3, -0.25) is 0 Å². The summed E-state index contributed by atoms with van der Waals surface area (Å²) in [4.78, 5) is 10.9. The van der Waals surface area contributed by atoms with Crippen LogP contribution in [0.4, 0.5) is 10.3 Å². The number of hydrogen-bond acceptors (Lipinski definition) is 3. The maximum absolute atomic E-state index is 13.2. The summed E-state index contributed by atoms with van der Waals surface area (Å²) in [6, 6.07) is 8.64. The van der Waals surface area contributed by atoms with Gasteiger partial charge in [0, 0.05) is 25.0 Å². The van der Waals surface area contributed by atoms with Crippen LogP contribution in [0.3, 0.4) is 0 Å². The number of halogens is 1. The molecule has 0 saturated heterocycles. The van der Waals surface area contributed by atoms with Crippen molar-refractivity contribution in [3.05, 3.63) is 53.6 Å². The van der Waals surface area contributed by atoms with Gasteiger partial charge in [0.25, 0.3) is 0 Å². The number of aryl methyl sites for hydroxylation is 1. The van der Waals surface area contributed by atoms with Crippen LogP contribution in [0.5, 0.6) is 0 Å². The SMILES string of the molecule is CCCN(CCc1cccc(F)c1)c1nccc(C)n1. The van der Waals surface area contributed by atoms with Gasteiger partial charge in [-0.25, -0.2) is 14.4 Å². The predicted molar refractivity (Wildman–Crippen MR) is 79.4 cm³/mol. The van der Waals surface area contributed by atoms with Crippen molar-refractivity contribution in [2.24, 2.45) is 0 Å². The average molecular weight is 273 g/mol. The van der Waals surface area contributed by atoms with Crippen LogP contribution in [-0.4, -0.2) is 23.1 Å². The Morgan fingerprint density at radius 1 is 1.20 bits per heavy atom. The van der Waals surface area contributed by atoms with Crippen molar-refractivity contribution < 1.29 is 4.39 Å². The fraction of sp³-hybridized carbons (Fsp3) is 0.375. The minimum atomic E-state index is -0.184. The summed E-state index contributed by atoms with van der Waals surface area (Å²) in [5.74, 6) is 0.569. The first-order valence-electron chi connectivity index (χ1n) is 6.98. The van der Waals surface area contributed by atoms with Gasteiger partial charge in [-0.2, -0.15) is 0 Å². The molecule has 0 fully saturated rings. The second kappa shape index (κ2) is 6.98. The lowest BCUT2D eigenvalue weighted by atomic mass is 10.1. The summed E-state index contributed by atoms with van der Waals surface area (Å²) in [5.41, 5.74) is 1.96. The van der Waals surface area contributed by atoms with Crippen molar-refractivity contribution in [1.82, 2.24) is 9.97 Å². The Balaban J connectivity index is 2.06. The molecule has 0 spiro atoms. The third-order valence-electron chi connectivity index (χ3n) is 3.12. The van der Waals surface area contributed by atoms with E-state index < -0.39 is 0 Å². The van der Waals surface area contributed by atoms with E-state index in [-0.39, 0.29) is 5.82 Å². The molecule has 1 aromatic carbocycles. The highest BCUT2D eigenvalue weighted by molar-refractivity contribution is 5.30. The standard InChI is InChI=1S/C16H20FN3/c1-3-10-20(16-18-9-7-13(2)19-16)11-8-14-5-4-6-15(17)12-14/h4-7,9,12H,3,8,10-11H2,1-2H3. The lowest BCUT2D eigenvalue weighted by Gasteiger charge is -2.22. The minimum absolute atomic E-state index is 0.184. The zero-order valence-electron chi connectivity index (χ0n) is 12.0. The molecule has 0 aliphatic carbocycles. The number of aromatic nitrogens is 2. The molecule has 2 aromatic rings. The quantitative estimate of drug-likeness (QED) is 0.808. The third-order valence-corrected chi connectivity index (χ3v) is 3.12. The number of nitrogens with zero attached hydrogens (tertiary/aromatic N) is 3. The van der Waals surface area contributed by atoms with Crippen molar-refractivity contribution in [2.45, 2.75) is 26.7 Å². The zero-order valence-corrected chi connectivity index (χ0v) is 12.0. The summed E-state index contributed by atoms with van der Waals surface area (Å²) in [6.07, 6.45) is 3.60. The minimum Gasteiger partial charge on any atom is -0.341 e. The van der Waals surface area contributed by atoms with Crippen LogP contribution in [0.2, 0.25) is 0 Å². The largest absolute Gasteiger partial charge is 0.341 e. The molecular weight excluding hydrogens is 253 g/mol. The van der Waals surface area contributed by atoms with Gasteiger partial charge in [-0.15, -0.1) is 0 Å². The zero-order chi connectivity index (χ0) is 14.4. The van der Waals surface area contributed by atoms with Crippen molar-refractivity contribution in [1.29, 1.82) is 0 Å². The molecule has 0 N–H and O–H groups in total. The molecule has 0 aliphatic rings. The van der Waals surface area contributed by atoms with Gasteiger partial charge in [0.1, 0.15) is 5.82 Å². The Bertz CT molecular complexity index is 557. The molecule has 0 amide bonds. The molecule has 0 atom stereocenters. The number of hydrogen-bond donors (Lipinski definition) is 0. The Labute approximate surface area is 119 Å². The van der Waals surface area contributed by atoms with Gasteiger partial charge in [-0.05, 0) is 43.5 Å². The van der Waals surface area contributed by atoms with E-state index in [1.165, 1.54) is 6.07 Å². The second-order valence-electron chi connectivity index (χ2n) is 4.86. The molecule has 0 bridgehead atoms. The molecule has 20 heavy (non-hydrogen) atoms. The number of benzene rings is 1. The third kappa shape index (κ3) is 4.02. The molecule has 4 heteroatoms. The van der Waals surface area contributed by atoms with Gasteiger partial charge in [0.05, 0.1) is 0 Å². The average Bonchev–Trinajstić information content (AvgIpc) is 2.43. The Morgan fingerprint density at radius 3 is 2.75 bits per heavy atom. The van der Waals surface area contributed by atoms with Gasteiger partial charge in [0.2, 0.25) is 5.95 Å². The summed E-state index contributed by atoms with van der Waals surface area (Å²) in [5, 5.41) is 0. The highest BCUT2D eigenvalue weighted by atomic mass is 19.1. The first-order chi connectivity index (χ1) is 9.69. The van der Waals surface area contributed by atoms with E-state index >= 15 is 0 Å². The van der Waals surface area contributed by atoms with Gasteiger partial charge >= 0.3 is 0 Å². The molecule has 0 unspecified atom stereocenters. The van der Waals surface area contributed by atoms with Crippen LogP contribution < -0.4 is 4.90 Å². The van der Waals surface area contributed by atoms with Gasteiger partial charge in [-0.1, -0.05) is 19.1 Å². The molecule has 1 aromatic heterocycles. The highest BCUT2D eigenvalue weighted by Gasteiger charge is 2.09. The van der Waals surface area contributed by atoms with E-state index in [0.29, 0.717) is 0 Å². The van der Waals surface area contributed by atoms with E-state index in [1.54, 1.807) is 18.3 Å². The normalized spacial score (nSPS) is 10.6. The van der Waals surface area contributed by atoms with Gasteiger partial charge < -0.3 is 4.90 Å². The maximum Gasteiger partial charge on any atom is 0.225 e. The van der Waals surface area contributed by atoms with E-state index in [4.69, 9.17) is 0 Å². The second-order valence-corrected chi connectivity index (χ2v) is 4.86. The van der Waals surface area contributed by atoms with Crippen LogP contribution >= 0.6 is 0 Å². The van der Waals surface area contributed by atoms with E-state index in [9.17, 15) is 4.39 Å². The van der Waals surface area contributed by atoms with Gasteiger partial charge in [0.15, 0.2) is 0 Å². The summed E-state index contributed by atoms with van der Waals surface area (Å²) in [6.45, 7) is 5.78. The Hall–Kier alpha value is -1.97. The van der Waals surface area contributed by atoms with E-state index in [1.807, 2.05) is 19.1 Å². The molecule has 1 heterocycles. The molecule has 2 rings (SSSR count). The number of anilines is 1. The molecular formula is C16H20FN3. The molecule has 0 saturated carbocycles. The van der Waals surface area contributed by atoms with Crippen LogP contribution in [-0.2, 0) is 6.42 Å². The molecule has 0 aliphatic heterocycles. The topological polar surface area (TPSA) is 29.0 Å². The first kappa shape index (κ1) is 14.4. The van der Waals surface area contributed by atoms with Crippen LogP contribution in [0.25, 0.3) is 0 Å². The van der Waals surface area contributed by atoms with Crippen LogP contribution in [0.1, 0.15) is 24.6 Å². The lowest BCUT2D eigenvalue weighted by molar-refractivity contribution is 0.624. The highest BCUT2D eigenvalue weighted by Crippen LogP contribution is 2.11. The summed E-state index contributed by atoms with van der Waals surface area (Å²) < 4.78 is 13.2. The Morgan fingerprint density at radius 2 is 2.05 bits per heavy atom. The number of rotatable bonds is 6. The van der Waals surface area contributed by atoms with Crippen LogP contribution in [0.15, 0.2) is 36.5 Å². The summed E-state index contributed by atoms with van der Waals surface area (Å²) in [7, 11) is 0. The lowest BCUT2D eigenvalue weighted by Crippen LogP contribution is -2.28. The van der Waals surface area contributed by atoms with Crippen molar-refractivity contribution >= 4 is 5.95 Å². The van der Waals surface area contributed by atoms with Crippen molar-refractivity contribution in [2.75, 3.05) is 18.0 Å². The smallest absolute Gasteiger partial charge is 0.225 e. The molecule has 3 nitrogen and oxygen atoms in total. The fourth-order valence-corrected chi connectivity index (χ4v) is 2.13. The first-order valence-corrected chi connectivity index (χ1v) is 6.98. The maximum atomic E-state index is 13.2. The monoisotopic (exact) mass is 273 g/mol. The Kier molecular flexibility index (Phi) is 5.04. The van der Waals surface area contributed by atoms with Crippen LogP contribution in [0, 0.1) is 12.7 Å². The molecule has 106 valence electrons. The fourth-order valence-electron chi connectivity index (χ4n) is 2.13. The predicted octanol–water partition coefficient (Wildman–Crippen LogP) is 3.38.